The lowest BCUT2D eigenvalue weighted by Crippen LogP contribution is -2.29. The van der Waals surface area contributed by atoms with Crippen LogP contribution in [0.5, 0.6) is 0 Å². The molecule has 0 N–H and O–H groups in total. The molecule has 5 nitrogen and oxygen atoms in total. The van der Waals surface area contributed by atoms with Crippen LogP contribution >= 0.6 is 0 Å². The molecule has 21 heavy (non-hydrogen) atoms. The van der Waals surface area contributed by atoms with Crippen molar-refractivity contribution in [1.29, 1.82) is 0 Å². The average Bonchev–Trinajstić information content (AvgIpc) is 2.98. The Morgan fingerprint density at radius 1 is 1.19 bits per heavy atom. The van der Waals surface area contributed by atoms with Crippen LogP contribution in [0.1, 0.15) is 29.1 Å². The zero-order valence-electron chi connectivity index (χ0n) is 12.1. The molecule has 1 heterocycles. The van der Waals surface area contributed by atoms with E-state index in [4.69, 9.17) is 4.42 Å². The summed E-state index contributed by atoms with van der Waals surface area (Å²) in [6, 6.07) is 9.60. The topological polar surface area (TPSA) is 67.6 Å². The predicted octanol–water partition coefficient (Wildman–Crippen LogP) is 2.52. The van der Waals surface area contributed by atoms with Gasteiger partial charge in [0.25, 0.3) is 5.91 Å². The van der Waals surface area contributed by atoms with E-state index < -0.39 is 9.84 Å². The molecule has 0 bridgehead atoms. The van der Waals surface area contributed by atoms with Gasteiger partial charge in [-0.1, -0.05) is 12.1 Å². The molecular weight excluding hydrogens is 290 g/mol. The van der Waals surface area contributed by atoms with Crippen LogP contribution in [0.4, 0.5) is 0 Å². The summed E-state index contributed by atoms with van der Waals surface area (Å²) in [5.41, 5.74) is 0.852. The van der Waals surface area contributed by atoms with Crippen molar-refractivity contribution in [3.63, 3.8) is 0 Å². The summed E-state index contributed by atoms with van der Waals surface area (Å²) in [6.07, 6.45) is 2.62. The van der Waals surface area contributed by atoms with Crippen LogP contribution in [-0.4, -0.2) is 32.5 Å². The van der Waals surface area contributed by atoms with E-state index in [0.29, 0.717) is 0 Å². The third-order valence-electron chi connectivity index (χ3n) is 3.42. The van der Waals surface area contributed by atoms with Crippen molar-refractivity contribution in [2.24, 2.45) is 0 Å². The fourth-order valence-electron chi connectivity index (χ4n) is 1.97. The van der Waals surface area contributed by atoms with Crippen LogP contribution < -0.4 is 0 Å². The molecule has 1 unspecified atom stereocenters. The van der Waals surface area contributed by atoms with Crippen LogP contribution in [0, 0.1) is 0 Å². The highest BCUT2D eigenvalue weighted by Crippen LogP contribution is 2.22. The summed E-state index contributed by atoms with van der Waals surface area (Å²) in [6.45, 7) is 1.87. The second-order valence-electron chi connectivity index (χ2n) is 4.91. The highest BCUT2D eigenvalue weighted by atomic mass is 32.2. The van der Waals surface area contributed by atoms with Crippen LogP contribution in [-0.2, 0) is 9.84 Å². The number of hydrogen-bond donors (Lipinski definition) is 0. The molecule has 1 aromatic heterocycles. The van der Waals surface area contributed by atoms with Crippen molar-refractivity contribution in [3.05, 3.63) is 54.0 Å². The van der Waals surface area contributed by atoms with Gasteiger partial charge in [-0.25, -0.2) is 8.42 Å². The number of sulfone groups is 1. The monoisotopic (exact) mass is 307 g/mol. The second-order valence-corrected chi connectivity index (χ2v) is 6.93. The highest BCUT2D eigenvalue weighted by molar-refractivity contribution is 7.90. The molecule has 112 valence electrons. The molecule has 0 saturated carbocycles. The Hall–Kier alpha value is -2.08. The van der Waals surface area contributed by atoms with Gasteiger partial charge >= 0.3 is 0 Å². The number of hydrogen-bond acceptors (Lipinski definition) is 4. The lowest BCUT2D eigenvalue weighted by Gasteiger charge is -2.24. The molecule has 0 aliphatic heterocycles. The fraction of sp³-hybridized carbons (Fsp3) is 0.267. The van der Waals surface area contributed by atoms with Gasteiger partial charge in [0, 0.05) is 13.3 Å². The summed E-state index contributed by atoms with van der Waals surface area (Å²) in [4.78, 5) is 14.0. The molecule has 0 aliphatic rings. The third kappa shape index (κ3) is 3.33. The van der Waals surface area contributed by atoms with E-state index in [1.807, 2.05) is 6.92 Å². The second kappa shape index (κ2) is 5.73. The Labute approximate surface area is 124 Å². The zero-order chi connectivity index (χ0) is 15.6. The van der Waals surface area contributed by atoms with Gasteiger partial charge in [-0.15, -0.1) is 0 Å². The molecule has 6 heteroatoms. The SMILES string of the molecule is CC(c1ccc(S(C)(=O)=O)cc1)N(C)C(=O)c1ccco1. The molecule has 0 saturated heterocycles. The minimum Gasteiger partial charge on any atom is -0.459 e. The Balaban J connectivity index is 2.20. The maximum absolute atomic E-state index is 12.2. The van der Waals surface area contributed by atoms with E-state index in [-0.39, 0.29) is 22.6 Å². The van der Waals surface area contributed by atoms with Crippen molar-refractivity contribution in [2.75, 3.05) is 13.3 Å². The Morgan fingerprint density at radius 3 is 2.29 bits per heavy atom. The van der Waals surface area contributed by atoms with Gasteiger partial charge in [-0.05, 0) is 36.8 Å². The molecular formula is C15H17NO4S. The van der Waals surface area contributed by atoms with E-state index >= 15 is 0 Å². The lowest BCUT2D eigenvalue weighted by molar-refractivity contribution is 0.0710. The number of carbonyl (C=O) groups excluding carboxylic acids is 1. The lowest BCUT2D eigenvalue weighted by atomic mass is 10.1. The van der Waals surface area contributed by atoms with Gasteiger partial charge in [-0.2, -0.15) is 0 Å². The number of nitrogens with zero attached hydrogens (tertiary/aromatic N) is 1. The van der Waals surface area contributed by atoms with Crippen LogP contribution in [0.15, 0.2) is 52.0 Å². The Kier molecular flexibility index (Phi) is 4.18. The maximum atomic E-state index is 12.2. The van der Waals surface area contributed by atoms with E-state index in [1.165, 1.54) is 6.26 Å². The summed E-state index contributed by atoms with van der Waals surface area (Å²) >= 11 is 0. The number of benzene rings is 1. The Bertz CT molecular complexity index is 718. The maximum Gasteiger partial charge on any atom is 0.289 e. The zero-order valence-corrected chi connectivity index (χ0v) is 12.9. The molecule has 0 aliphatic carbocycles. The first-order valence-electron chi connectivity index (χ1n) is 6.41. The van der Waals surface area contributed by atoms with Gasteiger partial charge in [0.15, 0.2) is 15.6 Å². The van der Waals surface area contributed by atoms with Crippen molar-refractivity contribution in [1.82, 2.24) is 4.90 Å². The minimum atomic E-state index is -3.21. The molecule has 2 aromatic rings. The molecule has 2 rings (SSSR count). The van der Waals surface area contributed by atoms with Crippen LogP contribution in [0.25, 0.3) is 0 Å². The first kappa shape index (κ1) is 15.3. The van der Waals surface area contributed by atoms with E-state index in [1.54, 1.807) is 48.3 Å². The number of rotatable bonds is 4. The van der Waals surface area contributed by atoms with E-state index in [0.717, 1.165) is 11.8 Å². The van der Waals surface area contributed by atoms with Gasteiger partial charge in [0.1, 0.15) is 0 Å². The molecule has 1 atom stereocenters. The van der Waals surface area contributed by atoms with Gasteiger partial charge < -0.3 is 9.32 Å². The van der Waals surface area contributed by atoms with Gasteiger partial charge in [0.2, 0.25) is 0 Å². The molecule has 0 spiro atoms. The van der Waals surface area contributed by atoms with E-state index in [2.05, 4.69) is 0 Å². The van der Waals surface area contributed by atoms with Crippen molar-refractivity contribution < 1.29 is 17.6 Å². The minimum absolute atomic E-state index is 0.198. The van der Waals surface area contributed by atoms with E-state index in [9.17, 15) is 13.2 Å². The molecule has 0 radical (unpaired) electrons. The normalized spacial score (nSPS) is 12.9. The van der Waals surface area contributed by atoms with Crippen LogP contribution in [0.3, 0.4) is 0 Å². The van der Waals surface area contributed by atoms with Crippen molar-refractivity contribution in [2.45, 2.75) is 17.9 Å². The van der Waals surface area contributed by atoms with Crippen LogP contribution in [0.2, 0.25) is 0 Å². The smallest absolute Gasteiger partial charge is 0.289 e. The highest BCUT2D eigenvalue weighted by Gasteiger charge is 2.21. The number of carbonyl (C=O) groups is 1. The van der Waals surface area contributed by atoms with Gasteiger partial charge in [-0.3, -0.25) is 4.79 Å². The average molecular weight is 307 g/mol. The fourth-order valence-corrected chi connectivity index (χ4v) is 2.60. The summed E-state index contributed by atoms with van der Waals surface area (Å²) in [5.74, 6) is 0.0526. The first-order valence-corrected chi connectivity index (χ1v) is 8.30. The molecule has 1 amide bonds. The summed E-state index contributed by atoms with van der Waals surface area (Å²) in [7, 11) is -1.53. The Morgan fingerprint density at radius 2 is 1.81 bits per heavy atom. The first-order chi connectivity index (χ1) is 9.80. The summed E-state index contributed by atoms with van der Waals surface area (Å²) in [5, 5.41) is 0. The summed E-state index contributed by atoms with van der Waals surface area (Å²) < 4.78 is 28.0. The number of amides is 1. The van der Waals surface area contributed by atoms with Crippen molar-refractivity contribution in [3.8, 4) is 0 Å². The van der Waals surface area contributed by atoms with Gasteiger partial charge in [0.05, 0.1) is 17.2 Å². The molecule has 1 aromatic carbocycles. The quantitative estimate of drug-likeness (QED) is 0.870. The largest absolute Gasteiger partial charge is 0.459 e. The third-order valence-corrected chi connectivity index (χ3v) is 4.55. The van der Waals surface area contributed by atoms with Crippen molar-refractivity contribution >= 4 is 15.7 Å². The number of furan rings is 1. The predicted molar refractivity (Wildman–Crippen MR) is 78.8 cm³/mol. The standard InChI is InChI=1S/C15H17NO4S/c1-11(16(2)15(17)14-5-4-10-20-14)12-6-8-13(9-7-12)21(3,18)19/h4-11H,1-3H3. The molecule has 0 fully saturated rings.